The summed E-state index contributed by atoms with van der Waals surface area (Å²) in [5, 5.41) is 6.52. The van der Waals surface area contributed by atoms with Crippen molar-refractivity contribution in [1.82, 2.24) is 10.3 Å². The van der Waals surface area contributed by atoms with Gasteiger partial charge in [0.2, 0.25) is 5.91 Å². The van der Waals surface area contributed by atoms with E-state index >= 15 is 0 Å². The summed E-state index contributed by atoms with van der Waals surface area (Å²) < 4.78 is 13.9. The van der Waals surface area contributed by atoms with Gasteiger partial charge >= 0.3 is 0 Å². The topological polar surface area (TPSA) is 54.0 Å². The molecule has 3 rings (SSSR count). The Kier molecular flexibility index (Phi) is 3.44. The van der Waals surface area contributed by atoms with Crippen molar-refractivity contribution in [3.8, 4) is 0 Å². The number of fused-ring (bicyclic) bond motifs is 1. The highest BCUT2D eigenvalue weighted by Crippen LogP contribution is 2.26. The maximum absolute atomic E-state index is 13.1. The number of hydrogen-bond acceptors (Lipinski definition) is 4. The number of thiazole rings is 1. The normalized spacial score (nSPS) is 19.5. The third-order valence-corrected chi connectivity index (χ3v) is 4.16. The fourth-order valence-corrected chi connectivity index (χ4v) is 3.07. The quantitative estimate of drug-likeness (QED) is 0.888. The second kappa shape index (κ2) is 5.22. The molecule has 0 spiro atoms. The van der Waals surface area contributed by atoms with E-state index in [2.05, 4.69) is 15.6 Å². The molecule has 1 amide bonds. The minimum atomic E-state index is -0.315. The van der Waals surface area contributed by atoms with Crippen LogP contribution in [0, 0.1) is 5.82 Å². The van der Waals surface area contributed by atoms with Gasteiger partial charge in [-0.2, -0.15) is 0 Å². The maximum atomic E-state index is 13.1. The van der Waals surface area contributed by atoms with Gasteiger partial charge in [0.05, 0.1) is 16.3 Å². The Balaban J connectivity index is 1.75. The molecule has 1 aliphatic rings. The molecule has 100 valence electrons. The zero-order valence-electron chi connectivity index (χ0n) is 10.3. The number of hydrogen-bond donors (Lipinski definition) is 2. The molecule has 19 heavy (non-hydrogen) atoms. The summed E-state index contributed by atoms with van der Waals surface area (Å²) in [6.45, 7) is 0.878. The van der Waals surface area contributed by atoms with Crippen molar-refractivity contribution in [2.24, 2.45) is 0 Å². The number of piperidine rings is 1. The summed E-state index contributed by atoms with van der Waals surface area (Å²) in [4.78, 5) is 16.3. The zero-order chi connectivity index (χ0) is 13.2. The Bertz CT molecular complexity index is 607. The average molecular weight is 279 g/mol. The molecule has 1 aliphatic heterocycles. The van der Waals surface area contributed by atoms with E-state index in [0.29, 0.717) is 10.6 Å². The van der Waals surface area contributed by atoms with E-state index in [9.17, 15) is 9.18 Å². The first-order chi connectivity index (χ1) is 9.22. The predicted molar refractivity (Wildman–Crippen MR) is 73.8 cm³/mol. The molecule has 6 heteroatoms. The Hall–Kier alpha value is -1.53. The van der Waals surface area contributed by atoms with Crippen LogP contribution >= 0.6 is 11.3 Å². The number of benzene rings is 1. The van der Waals surface area contributed by atoms with E-state index in [1.807, 2.05) is 0 Å². The lowest BCUT2D eigenvalue weighted by Gasteiger charge is -2.21. The number of amides is 1. The van der Waals surface area contributed by atoms with Crippen LogP contribution in [-0.2, 0) is 4.79 Å². The second-order valence-corrected chi connectivity index (χ2v) is 5.65. The smallest absolute Gasteiger partial charge is 0.243 e. The van der Waals surface area contributed by atoms with Gasteiger partial charge in [0.25, 0.3) is 0 Å². The number of rotatable bonds is 2. The number of carbonyl (C=O) groups excluding carboxylic acids is 1. The number of nitrogens with zero attached hydrogens (tertiary/aromatic N) is 1. The van der Waals surface area contributed by atoms with Crippen LogP contribution in [0.3, 0.4) is 0 Å². The molecule has 0 aliphatic carbocycles. The molecular weight excluding hydrogens is 265 g/mol. The van der Waals surface area contributed by atoms with Gasteiger partial charge in [-0.05, 0) is 31.5 Å². The molecule has 4 nitrogen and oxygen atoms in total. The minimum absolute atomic E-state index is 0.0563. The lowest BCUT2D eigenvalue weighted by atomic mass is 10.0. The second-order valence-electron chi connectivity index (χ2n) is 4.62. The molecular formula is C13H14FN3OS. The largest absolute Gasteiger partial charge is 0.306 e. The fourth-order valence-electron chi connectivity index (χ4n) is 2.22. The van der Waals surface area contributed by atoms with Gasteiger partial charge in [0.1, 0.15) is 5.82 Å². The van der Waals surface area contributed by atoms with Crippen LogP contribution in [0.5, 0.6) is 0 Å². The van der Waals surface area contributed by atoms with E-state index in [0.717, 1.165) is 30.5 Å². The van der Waals surface area contributed by atoms with Crippen molar-refractivity contribution in [3.63, 3.8) is 0 Å². The first kappa shape index (κ1) is 12.5. The molecule has 1 saturated heterocycles. The van der Waals surface area contributed by atoms with E-state index < -0.39 is 0 Å². The summed E-state index contributed by atoms with van der Waals surface area (Å²) in [6.07, 6.45) is 3.03. The summed E-state index contributed by atoms with van der Waals surface area (Å²) in [5.41, 5.74) is 0.580. The minimum Gasteiger partial charge on any atom is -0.306 e. The van der Waals surface area contributed by atoms with Gasteiger partial charge in [-0.3, -0.25) is 4.79 Å². The molecule has 0 saturated carbocycles. The Labute approximate surface area is 114 Å². The van der Waals surface area contributed by atoms with E-state index in [4.69, 9.17) is 0 Å². The highest BCUT2D eigenvalue weighted by Gasteiger charge is 2.21. The zero-order valence-corrected chi connectivity index (χ0v) is 11.1. The molecule has 0 unspecified atom stereocenters. The molecule has 2 N–H and O–H groups in total. The molecule has 2 aromatic rings. The van der Waals surface area contributed by atoms with Crippen LogP contribution < -0.4 is 10.6 Å². The summed E-state index contributed by atoms with van der Waals surface area (Å²) in [6, 6.07) is 4.31. The standard InChI is InChI=1S/C13H14FN3OS/c14-8-4-5-11-10(7-8)16-13(19-11)17-12(18)9-3-1-2-6-15-9/h4-5,7,9,15H,1-3,6H2,(H,16,17,18)/t9-/m0/s1. The van der Waals surface area contributed by atoms with Crippen LogP contribution in [0.1, 0.15) is 19.3 Å². The van der Waals surface area contributed by atoms with Crippen LogP contribution in [0.2, 0.25) is 0 Å². The van der Waals surface area contributed by atoms with Crippen molar-refractivity contribution in [1.29, 1.82) is 0 Å². The average Bonchev–Trinajstić information content (AvgIpc) is 2.81. The van der Waals surface area contributed by atoms with E-state index in [-0.39, 0.29) is 17.8 Å². The molecule has 1 atom stereocenters. The predicted octanol–water partition coefficient (Wildman–Crippen LogP) is 2.52. The molecule has 1 aromatic heterocycles. The number of nitrogens with one attached hydrogen (secondary N) is 2. The number of carbonyl (C=O) groups is 1. The lowest BCUT2D eigenvalue weighted by Crippen LogP contribution is -2.43. The van der Waals surface area contributed by atoms with Gasteiger partial charge in [-0.15, -0.1) is 0 Å². The van der Waals surface area contributed by atoms with Crippen LogP contribution in [0.15, 0.2) is 18.2 Å². The highest BCUT2D eigenvalue weighted by atomic mass is 32.1. The molecule has 2 heterocycles. The Morgan fingerprint density at radius 2 is 2.37 bits per heavy atom. The van der Waals surface area contributed by atoms with Gasteiger partial charge in [-0.25, -0.2) is 9.37 Å². The number of aromatic nitrogens is 1. The van der Waals surface area contributed by atoms with Crippen molar-refractivity contribution in [3.05, 3.63) is 24.0 Å². The SMILES string of the molecule is O=C(Nc1nc2cc(F)ccc2s1)[C@@H]1CCCCN1. The van der Waals surface area contributed by atoms with Crippen LogP contribution in [0.4, 0.5) is 9.52 Å². The first-order valence-corrected chi connectivity index (χ1v) is 7.14. The lowest BCUT2D eigenvalue weighted by molar-refractivity contribution is -0.118. The Morgan fingerprint density at radius 1 is 1.47 bits per heavy atom. The summed E-state index contributed by atoms with van der Waals surface area (Å²) >= 11 is 1.36. The van der Waals surface area contributed by atoms with Crippen molar-refractivity contribution in [2.45, 2.75) is 25.3 Å². The van der Waals surface area contributed by atoms with E-state index in [1.54, 1.807) is 6.07 Å². The van der Waals surface area contributed by atoms with Gasteiger partial charge in [-0.1, -0.05) is 17.8 Å². The monoisotopic (exact) mass is 279 g/mol. The van der Waals surface area contributed by atoms with Crippen molar-refractivity contribution < 1.29 is 9.18 Å². The molecule has 0 bridgehead atoms. The highest BCUT2D eigenvalue weighted by molar-refractivity contribution is 7.22. The van der Waals surface area contributed by atoms with Gasteiger partial charge < -0.3 is 10.6 Å². The third-order valence-electron chi connectivity index (χ3n) is 3.21. The number of anilines is 1. The van der Waals surface area contributed by atoms with Crippen molar-refractivity contribution in [2.75, 3.05) is 11.9 Å². The molecule has 1 fully saturated rings. The van der Waals surface area contributed by atoms with Crippen LogP contribution in [-0.4, -0.2) is 23.5 Å². The molecule has 0 radical (unpaired) electrons. The Morgan fingerprint density at radius 3 is 3.16 bits per heavy atom. The van der Waals surface area contributed by atoms with Gasteiger partial charge in [0.15, 0.2) is 5.13 Å². The molecule has 1 aromatic carbocycles. The third kappa shape index (κ3) is 2.74. The number of halogens is 1. The van der Waals surface area contributed by atoms with Crippen LogP contribution in [0.25, 0.3) is 10.2 Å². The van der Waals surface area contributed by atoms with E-state index in [1.165, 1.54) is 23.5 Å². The fraction of sp³-hybridized carbons (Fsp3) is 0.385. The first-order valence-electron chi connectivity index (χ1n) is 6.33. The van der Waals surface area contributed by atoms with Gasteiger partial charge in [0, 0.05) is 6.07 Å². The summed E-state index contributed by atoms with van der Waals surface area (Å²) in [7, 11) is 0. The maximum Gasteiger partial charge on any atom is 0.243 e. The summed E-state index contributed by atoms with van der Waals surface area (Å²) in [5.74, 6) is -0.371. The van der Waals surface area contributed by atoms with Crippen molar-refractivity contribution >= 4 is 32.6 Å².